The Labute approximate surface area is 134 Å². The van der Waals surface area contributed by atoms with Gasteiger partial charge in [0.2, 0.25) is 0 Å². The smallest absolute Gasteiger partial charge is 0.424 e. The molecule has 10 heteroatoms. The second kappa shape index (κ2) is 6.71. The molecule has 0 fully saturated rings. The van der Waals surface area contributed by atoms with Gasteiger partial charge in [-0.25, -0.2) is 4.79 Å². The predicted molar refractivity (Wildman–Crippen MR) is 74.5 cm³/mol. The molecule has 128 valence electrons. The minimum absolute atomic E-state index is 0.131. The highest BCUT2D eigenvalue weighted by Crippen LogP contribution is 2.45. The summed E-state index contributed by atoms with van der Waals surface area (Å²) in [6.45, 7) is 0.494. The van der Waals surface area contributed by atoms with Crippen LogP contribution in [0.4, 0.5) is 18.0 Å². The summed E-state index contributed by atoms with van der Waals surface area (Å²) in [5, 5.41) is 4.11. The first kappa shape index (κ1) is 17.5. The summed E-state index contributed by atoms with van der Waals surface area (Å²) in [6.07, 6.45) is -4.57. The summed E-state index contributed by atoms with van der Waals surface area (Å²) in [5.41, 5.74) is 0. The highest BCUT2D eigenvalue weighted by Gasteiger charge is 2.65. The van der Waals surface area contributed by atoms with E-state index in [0.717, 1.165) is 0 Å². The first-order valence-electron chi connectivity index (χ1n) is 6.57. The van der Waals surface area contributed by atoms with E-state index in [2.05, 4.69) is 5.32 Å². The van der Waals surface area contributed by atoms with E-state index in [-0.39, 0.29) is 23.1 Å². The van der Waals surface area contributed by atoms with Gasteiger partial charge in [-0.1, -0.05) is 11.6 Å². The third-order valence-corrected chi connectivity index (χ3v) is 3.11. The average Bonchev–Trinajstić information content (AvgIpc) is 2.81. The molecule has 0 radical (unpaired) electrons. The zero-order valence-corrected chi connectivity index (χ0v) is 12.8. The molecule has 1 aliphatic heterocycles. The van der Waals surface area contributed by atoms with Crippen molar-refractivity contribution in [2.24, 2.45) is 0 Å². The van der Waals surface area contributed by atoms with Gasteiger partial charge in [-0.05, 0) is 18.6 Å². The Morgan fingerprint density at radius 1 is 1.35 bits per heavy atom. The van der Waals surface area contributed by atoms with Crippen LogP contribution < -0.4 is 20.1 Å². The van der Waals surface area contributed by atoms with Gasteiger partial charge in [0.25, 0.3) is 0 Å². The van der Waals surface area contributed by atoms with Crippen molar-refractivity contribution < 1.29 is 32.2 Å². The second-order valence-electron chi connectivity index (χ2n) is 4.64. The second-order valence-corrected chi connectivity index (χ2v) is 5.07. The Hall–Kier alpha value is -1.87. The number of alkyl halides is 3. The molecule has 1 heterocycles. The van der Waals surface area contributed by atoms with Crippen molar-refractivity contribution in [1.82, 2.24) is 10.6 Å². The molecule has 1 aromatic rings. The predicted octanol–water partition coefficient (Wildman–Crippen LogP) is 2.66. The standard InChI is InChI=1S/C13H14ClF3N2O4/c1-21-6-2-5-18-11(20)19-13(12(15,16)17)22-9-4-3-8(14)7-10(9)23-13/h3-4,7H,2,5-6H2,1H3,(H2,18,19,20)/t13-/m1/s1. The number of ether oxygens (including phenoxy) is 3. The van der Waals surface area contributed by atoms with Crippen LogP contribution >= 0.6 is 11.6 Å². The van der Waals surface area contributed by atoms with E-state index >= 15 is 0 Å². The van der Waals surface area contributed by atoms with Crippen LogP contribution in [0.25, 0.3) is 0 Å². The number of amides is 2. The zero-order chi connectivity index (χ0) is 17.1. The molecule has 1 aliphatic rings. The van der Waals surface area contributed by atoms with Gasteiger partial charge in [0.1, 0.15) is 0 Å². The molecule has 2 amide bonds. The number of carbonyl (C=O) groups excluding carboxylic acids is 1. The zero-order valence-electron chi connectivity index (χ0n) is 12.0. The normalized spacial score (nSPS) is 19.5. The van der Waals surface area contributed by atoms with E-state index in [4.69, 9.17) is 25.8 Å². The Morgan fingerprint density at radius 3 is 2.70 bits per heavy atom. The van der Waals surface area contributed by atoms with Crippen LogP contribution in [0, 0.1) is 0 Å². The van der Waals surface area contributed by atoms with Gasteiger partial charge in [-0.3, -0.25) is 5.32 Å². The number of fused-ring (bicyclic) bond motifs is 1. The minimum atomic E-state index is -5.01. The van der Waals surface area contributed by atoms with Crippen LogP contribution in [0.2, 0.25) is 5.02 Å². The quantitative estimate of drug-likeness (QED) is 0.798. The highest BCUT2D eigenvalue weighted by molar-refractivity contribution is 6.30. The van der Waals surface area contributed by atoms with E-state index in [1.165, 1.54) is 25.3 Å². The molecule has 2 N–H and O–H groups in total. The topological polar surface area (TPSA) is 68.8 Å². The molecule has 0 aliphatic carbocycles. The lowest BCUT2D eigenvalue weighted by molar-refractivity contribution is -0.317. The van der Waals surface area contributed by atoms with Gasteiger partial charge in [0.05, 0.1) is 0 Å². The van der Waals surface area contributed by atoms with Gasteiger partial charge in [0.15, 0.2) is 11.5 Å². The maximum absolute atomic E-state index is 13.3. The average molecular weight is 355 g/mol. The van der Waals surface area contributed by atoms with Crippen molar-refractivity contribution in [3.8, 4) is 11.5 Å². The number of nitrogens with one attached hydrogen (secondary N) is 2. The molecule has 0 aromatic heterocycles. The van der Waals surface area contributed by atoms with Crippen LogP contribution in [0.1, 0.15) is 6.42 Å². The van der Waals surface area contributed by atoms with Gasteiger partial charge < -0.3 is 19.5 Å². The molecule has 0 bridgehead atoms. The summed E-state index contributed by atoms with van der Waals surface area (Å²) in [5.74, 6) is -3.69. The van der Waals surface area contributed by atoms with Gasteiger partial charge in [-0.15, -0.1) is 0 Å². The van der Waals surface area contributed by atoms with Crippen molar-refractivity contribution in [1.29, 1.82) is 0 Å². The lowest BCUT2D eigenvalue weighted by atomic mass is 10.3. The SMILES string of the molecule is COCCCNC(=O)N[C@]1(C(F)(F)F)Oc2ccc(Cl)cc2O1. The molecule has 0 unspecified atom stereocenters. The van der Waals surface area contributed by atoms with Gasteiger partial charge in [-0.2, -0.15) is 13.2 Å². The van der Waals surface area contributed by atoms with Gasteiger partial charge >= 0.3 is 18.1 Å². The van der Waals surface area contributed by atoms with Crippen molar-refractivity contribution in [3.05, 3.63) is 23.2 Å². The fourth-order valence-corrected chi connectivity index (χ4v) is 1.99. The van der Waals surface area contributed by atoms with Crippen LogP contribution in [0.15, 0.2) is 18.2 Å². The first-order chi connectivity index (χ1) is 10.8. The van der Waals surface area contributed by atoms with Crippen LogP contribution in [-0.4, -0.2) is 38.4 Å². The molecule has 6 nitrogen and oxygen atoms in total. The summed E-state index contributed by atoms with van der Waals surface area (Å²) in [4.78, 5) is 11.7. The molecule has 1 aromatic carbocycles. The summed E-state index contributed by atoms with van der Waals surface area (Å²) in [6, 6.07) is 2.66. The van der Waals surface area contributed by atoms with Crippen LogP contribution in [0.3, 0.4) is 0 Å². The maximum atomic E-state index is 13.3. The molecule has 0 saturated heterocycles. The van der Waals surface area contributed by atoms with E-state index in [0.29, 0.717) is 13.0 Å². The van der Waals surface area contributed by atoms with Crippen molar-refractivity contribution in [2.45, 2.75) is 18.5 Å². The fraction of sp³-hybridized carbons (Fsp3) is 0.462. The third kappa shape index (κ3) is 3.91. The molecule has 2 rings (SSSR count). The molecular formula is C13H14ClF3N2O4. The number of methoxy groups -OCH3 is 1. The third-order valence-electron chi connectivity index (χ3n) is 2.88. The van der Waals surface area contributed by atoms with Crippen LogP contribution in [0.5, 0.6) is 11.5 Å². The number of hydrogen-bond acceptors (Lipinski definition) is 4. The number of rotatable bonds is 5. The van der Waals surface area contributed by atoms with Gasteiger partial charge in [0, 0.05) is 31.4 Å². The summed E-state index contributed by atoms with van der Waals surface area (Å²) < 4.78 is 54.4. The largest absolute Gasteiger partial charge is 0.492 e. The Kier molecular flexibility index (Phi) is 5.10. The van der Waals surface area contributed by atoms with E-state index < -0.39 is 18.1 Å². The maximum Gasteiger partial charge on any atom is 0.492 e. The van der Waals surface area contributed by atoms with E-state index in [1.807, 2.05) is 0 Å². The number of hydrogen-bond donors (Lipinski definition) is 2. The molecule has 0 spiro atoms. The highest BCUT2D eigenvalue weighted by atomic mass is 35.5. The molecule has 23 heavy (non-hydrogen) atoms. The summed E-state index contributed by atoms with van der Waals surface area (Å²) >= 11 is 5.71. The molecular weight excluding hydrogens is 341 g/mol. The van der Waals surface area contributed by atoms with Crippen molar-refractivity contribution in [2.75, 3.05) is 20.3 Å². The Balaban J connectivity index is 2.09. The lowest BCUT2D eigenvalue weighted by Gasteiger charge is -2.29. The number of urea groups is 1. The fourth-order valence-electron chi connectivity index (χ4n) is 1.83. The lowest BCUT2D eigenvalue weighted by Crippen LogP contribution is -2.66. The van der Waals surface area contributed by atoms with Crippen LogP contribution in [-0.2, 0) is 4.74 Å². The number of halogens is 4. The Morgan fingerprint density at radius 2 is 2.04 bits per heavy atom. The molecule has 1 atom stereocenters. The number of benzene rings is 1. The van der Waals surface area contributed by atoms with E-state index in [1.54, 1.807) is 5.32 Å². The van der Waals surface area contributed by atoms with Crippen molar-refractivity contribution >= 4 is 17.6 Å². The monoisotopic (exact) mass is 354 g/mol. The summed E-state index contributed by atoms with van der Waals surface area (Å²) in [7, 11) is 1.47. The van der Waals surface area contributed by atoms with Crippen molar-refractivity contribution in [3.63, 3.8) is 0 Å². The Bertz CT molecular complexity index is 585. The minimum Gasteiger partial charge on any atom is -0.424 e. The number of carbonyl (C=O) groups is 1. The first-order valence-corrected chi connectivity index (χ1v) is 6.94. The molecule has 0 saturated carbocycles. The van der Waals surface area contributed by atoms with E-state index in [9.17, 15) is 18.0 Å².